The van der Waals surface area contributed by atoms with Crippen LogP contribution in [0.1, 0.15) is 42.1 Å². The average molecular weight is 221 g/mol. The van der Waals surface area contributed by atoms with Crippen LogP contribution in [0.5, 0.6) is 0 Å². The lowest BCUT2D eigenvalue weighted by Crippen LogP contribution is -2.22. The van der Waals surface area contributed by atoms with Crippen molar-refractivity contribution in [2.24, 2.45) is 0 Å². The fourth-order valence-electron chi connectivity index (χ4n) is 1.58. The minimum Gasteiger partial charge on any atom is -0.286 e. The predicted octanol–water partition coefficient (Wildman–Crippen LogP) is 2.88. The number of nitrogens with zero attached hydrogens (tertiary/aromatic N) is 1. The molecule has 0 aliphatic heterocycles. The second kappa shape index (κ2) is 6.28. The first-order valence-corrected chi connectivity index (χ1v) is 5.71. The van der Waals surface area contributed by atoms with Gasteiger partial charge in [0.25, 0.3) is 5.91 Å². The summed E-state index contributed by atoms with van der Waals surface area (Å²) in [4.78, 5) is 11.4. The third-order valence-corrected chi connectivity index (χ3v) is 2.56. The quantitative estimate of drug-likeness (QED) is 0.472. The van der Waals surface area contributed by atoms with Crippen molar-refractivity contribution in [1.29, 1.82) is 0 Å². The molecule has 0 aliphatic rings. The van der Waals surface area contributed by atoms with E-state index < -0.39 is 0 Å². The van der Waals surface area contributed by atoms with Gasteiger partial charge in [-0.2, -0.15) is 0 Å². The molecule has 1 aromatic rings. The zero-order valence-electron chi connectivity index (χ0n) is 9.94. The Balaban J connectivity index is 2.57. The number of hydrogen-bond acceptors (Lipinski definition) is 2. The van der Waals surface area contributed by atoms with Crippen molar-refractivity contribution in [3.63, 3.8) is 0 Å². The molecule has 0 saturated heterocycles. The van der Waals surface area contributed by atoms with Gasteiger partial charge in [0.1, 0.15) is 0 Å². The number of hydrogen-bond donors (Lipinski definition) is 1. The highest BCUT2D eigenvalue weighted by atomic mass is 16.5. The van der Waals surface area contributed by atoms with Crippen molar-refractivity contribution in [1.82, 2.24) is 5.06 Å². The average Bonchev–Trinajstić information content (AvgIpc) is 2.29. The van der Waals surface area contributed by atoms with E-state index in [1.54, 1.807) is 12.1 Å². The molecule has 0 fully saturated rings. The highest BCUT2D eigenvalue weighted by molar-refractivity contribution is 5.93. The summed E-state index contributed by atoms with van der Waals surface area (Å²) in [6.45, 7) is 2.18. The second-order valence-electron chi connectivity index (χ2n) is 3.98. The van der Waals surface area contributed by atoms with Gasteiger partial charge in [0.05, 0.1) is 0 Å². The van der Waals surface area contributed by atoms with Gasteiger partial charge in [0, 0.05) is 12.6 Å². The van der Waals surface area contributed by atoms with Crippen molar-refractivity contribution >= 4 is 5.91 Å². The Morgan fingerprint density at radius 1 is 1.25 bits per heavy atom. The number of benzene rings is 1. The molecule has 1 amide bonds. The molecule has 0 atom stereocenters. The van der Waals surface area contributed by atoms with Crippen LogP contribution in [0.2, 0.25) is 0 Å². The van der Waals surface area contributed by atoms with Crippen LogP contribution in [0.3, 0.4) is 0 Å². The molecule has 0 aromatic heterocycles. The molecule has 0 aliphatic carbocycles. The summed E-state index contributed by atoms with van der Waals surface area (Å²) < 4.78 is 0. The topological polar surface area (TPSA) is 40.5 Å². The second-order valence-corrected chi connectivity index (χ2v) is 3.98. The maximum Gasteiger partial charge on any atom is 0.276 e. The molecule has 88 valence electrons. The van der Waals surface area contributed by atoms with Crippen LogP contribution in [0, 0.1) is 0 Å². The van der Waals surface area contributed by atoms with Gasteiger partial charge in [0.2, 0.25) is 0 Å². The summed E-state index contributed by atoms with van der Waals surface area (Å²) in [6.07, 6.45) is 4.69. The molecule has 16 heavy (non-hydrogen) atoms. The molecular weight excluding hydrogens is 202 g/mol. The molecule has 0 radical (unpaired) electrons. The summed E-state index contributed by atoms with van der Waals surface area (Å²) >= 11 is 0. The Morgan fingerprint density at radius 3 is 2.38 bits per heavy atom. The lowest BCUT2D eigenvalue weighted by Gasteiger charge is -2.08. The molecule has 0 unspecified atom stereocenters. The highest BCUT2D eigenvalue weighted by Gasteiger charge is 2.08. The number of hydroxylamine groups is 2. The largest absolute Gasteiger partial charge is 0.286 e. The number of carbonyl (C=O) groups is 1. The van der Waals surface area contributed by atoms with Gasteiger partial charge in [-0.25, -0.2) is 5.06 Å². The Kier molecular flexibility index (Phi) is 4.99. The van der Waals surface area contributed by atoms with E-state index in [-0.39, 0.29) is 5.91 Å². The van der Waals surface area contributed by atoms with Crippen molar-refractivity contribution in [2.75, 3.05) is 7.05 Å². The zero-order valence-corrected chi connectivity index (χ0v) is 9.94. The van der Waals surface area contributed by atoms with Crippen LogP contribution in [0.4, 0.5) is 0 Å². The van der Waals surface area contributed by atoms with E-state index in [0.717, 1.165) is 6.42 Å². The predicted molar refractivity (Wildman–Crippen MR) is 63.6 cm³/mol. The van der Waals surface area contributed by atoms with Gasteiger partial charge in [-0.05, 0) is 30.5 Å². The van der Waals surface area contributed by atoms with Crippen LogP contribution in [0.15, 0.2) is 24.3 Å². The number of amides is 1. The van der Waals surface area contributed by atoms with Crippen LogP contribution in [0.25, 0.3) is 0 Å². The van der Waals surface area contributed by atoms with Crippen LogP contribution in [-0.2, 0) is 6.42 Å². The maximum absolute atomic E-state index is 11.4. The SMILES string of the molecule is CCCCCc1ccc(C(=O)N(C)O)cc1. The van der Waals surface area contributed by atoms with E-state index >= 15 is 0 Å². The van der Waals surface area contributed by atoms with Crippen LogP contribution >= 0.6 is 0 Å². The number of rotatable bonds is 5. The standard InChI is InChI=1S/C13H19NO2/c1-3-4-5-6-11-7-9-12(10-8-11)13(15)14(2)16/h7-10,16H,3-6H2,1-2H3. The van der Waals surface area contributed by atoms with E-state index in [1.807, 2.05) is 12.1 Å². The van der Waals surface area contributed by atoms with E-state index in [2.05, 4.69) is 6.92 Å². The zero-order chi connectivity index (χ0) is 12.0. The van der Waals surface area contributed by atoms with Gasteiger partial charge in [-0.1, -0.05) is 31.9 Å². The van der Waals surface area contributed by atoms with E-state index in [1.165, 1.54) is 31.9 Å². The fourth-order valence-corrected chi connectivity index (χ4v) is 1.58. The Morgan fingerprint density at radius 2 is 1.88 bits per heavy atom. The third kappa shape index (κ3) is 3.66. The van der Waals surface area contributed by atoms with E-state index in [4.69, 9.17) is 5.21 Å². The van der Waals surface area contributed by atoms with Crippen LogP contribution < -0.4 is 0 Å². The van der Waals surface area contributed by atoms with Gasteiger partial charge in [-0.15, -0.1) is 0 Å². The fraction of sp³-hybridized carbons (Fsp3) is 0.462. The lowest BCUT2D eigenvalue weighted by atomic mass is 10.1. The Bertz CT molecular complexity index is 330. The highest BCUT2D eigenvalue weighted by Crippen LogP contribution is 2.09. The van der Waals surface area contributed by atoms with Crippen molar-refractivity contribution < 1.29 is 10.0 Å². The summed E-state index contributed by atoms with van der Waals surface area (Å²) in [5.74, 6) is -0.375. The third-order valence-electron chi connectivity index (χ3n) is 2.56. The molecule has 0 bridgehead atoms. The molecule has 1 rings (SSSR count). The number of aryl methyl sites for hydroxylation is 1. The van der Waals surface area contributed by atoms with E-state index in [9.17, 15) is 4.79 Å². The molecule has 3 heteroatoms. The van der Waals surface area contributed by atoms with E-state index in [0.29, 0.717) is 10.6 Å². The van der Waals surface area contributed by atoms with Gasteiger partial charge in [0.15, 0.2) is 0 Å². The lowest BCUT2D eigenvalue weighted by molar-refractivity contribution is -0.0374. The smallest absolute Gasteiger partial charge is 0.276 e. The van der Waals surface area contributed by atoms with Crippen molar-refractivity contribution in [3.05, 3.63) is 35.4 Å². The Hall–Kier alpha value is -1.35. The van der Waals surface area contributed by atoms with Crippen LogP contribution in [-0.4, -0.2) is 23.2 Å². The molecule has 1 N–H and O–H groups in total. The molecule has 1 aromatic carbocycles. The van der Waals surface area contributed by atoms with Gasteiger partial charge in [-0.3, -0.25) is 10.0 Å². The first-order valence-electron chi connectivity index (χ1n) is 5.71. The summed E-state index contributed by atoms with van der Waals surface area (Å²) in [6, 6.07) is 7.42. The summed E-state index contributed by atoms with van der Waals surface area (Å²) in [5, 5.41) is 9.60. The number of unbranched alkanes of at least 4 members (excludes halogenated alkanes) is 2. The molecule has 0 saturated carbocycles. The van der Waals surface area contributed by atoms with Crippen molar-refractivity contribution in [3.8, 4) is 0 Å². The van der Waals surface area contributed by atoms with Gasteiger partial charge < -0.3 is 0 Å². The Labute approximate surface area is 96.7 Å². The first-order chi connectivity index (χ1) is 7.65. The monoisotopic (exact) mass is 221 g/mol. The number of carbonyl (C=O) groups excluding carboxylic acids is 1. The summed E-state index contributed by atoms with van der Waals surface area (Å²) in [5.41, 5.74) is 1.76. The molecule has 3 nitrogen and oxygen atoms in total. The summed E-state index contributed by atoms with van der Waals surface area (Å²) in [7, 11) is 1.33. The van der Waals surface area contributed by atoms with Gasteiger partial charge >= 0.3 is 0 Å². The molecule has 0 spiro atoms. The van der Waals surface area contributed by atoms with Crippen molar-refractivity contribution in [2.45, 2.75) is 32.6 Å². The molecular formula is C13H19NO2. The first kappa shape index (κ1) is 12.7. The minimum absolute atomic E-state index is 0.375. The maximum atomic E-state index is 11.4. The normalized spacial score (nSPS) is 10.2. The minimum atomic E-state index is -0.375. The molecule has 0 heterocycles.